The van der Waals surface area contributed by atoms with E-state index in [2.05, 4.69) is 10.3 Å². The van der Waals surface area contributed by atoms with E-state index in [0.29, 0.717) is 11.4 Å². The van der Waals surface area contributed by atoms with Crippen molar-refractivity contribution in [3.63, 3.8) is 0 Å². The molecule has 1 aromatic carbocycles. The van der Waals surface area contributed by atoms with E-state index >= 15 is 0 Å². The van der Waals surface area contributed by atoms with E-state index < -0.39 is 5.97 Å². The molecule has 1 aromatic heterocycles. The van der Waals surface area contributed by atoms with Crippen LogP contribution in [0, 0.1) is 0 Å². The standard InChI is InChI=1S/C14H10Cl2N2O3/c1-8(19)18-10-2-4-11(5-3-10)21-14(20)9-6-12(15)13(16)17-7-9/h2-7H,1H3,(H,18,19). The lowest BCUT2D eigenvalue weighted by molar-refractivity contribution is -0.114. The van der Waals surface area contributed by atoms with E-state index in [1.165, 1.54) is 19.2 Å². The smallest absolute Gasteiger partial charge is 0.345 e. The topological polar surface area (TPSA) is 68.3 Å². The highest BCUT2D eigenvalue weighted by atomic mass is 35.5. The first-order chi connectivity index (χ1) is 9.95. The molecule has 2 aromatic rings. The summed E-state index contributed by atoms with van der Waals surface area (Å²) in [4.78, 5) is 26.6. The van der Waals surface area contributed by atoms with Gasteiger partial charge in [-0.1, -0.05) is 23.2 Å². The lowest BCUT2D eigenvalue weighted by atomic mass is 10.3. The van der Waals surface area contributed by atoms with E-state index in [0.717, 1.165) is 0 Å². The lowest BCUT2D eigenvalue weighted by Gasteiger charge is -2.06. The van der Waals surface area contributed by atoms with Crippen LogP contribution in [0.15, 0.2) is 36.5 Å². The number of benzene rings is 1. The van der Waals surface area contributed by atoms with Gasteiger partial charge >= 0.3 is 5.97 Å². The zero-order valence-corrected chi connectivity index (χ0v) is 12.4. The van der Waals surface area contributed by atoms with Crippen molar-refractivity contribution in [2.24, 2.45) is 0 Å². The Kier molecular flexibility index (Phi) is 4.77. The van der Waals surface area contributed by atoms with E-state index in [9.17, 15) is 9.59 Å². The maximum absolute atomic E-state index is 11.9. The molecule has 0 bridgehead atoms. The van der Waals surface area contributed by atoms with E-state index in [-0.39, 0.29) is 21.6 Å². The second-order valence-corrected chi connectivity index (χ2v) is 4.86. The summed E-state index contributed by atoms with van der Waals surface area (Å²) in [6.45, 7) is 1.41. The number of carbonyl (C=O) groups excluding carboxylic acids is 2. The number of nitrogens with zero attached hydrogens (tertiary/aromatic N) is 1. The van der Waals surface area contributed by atoms with Crippen LogP contribution in [0.5, 0.6) is 5.75 Å². The molecule has 0 atom stereocenters. The molecule has 0 spiro atoms. The van der Waals surface area contributed by atoms with Crippen LogP contribution in [0.25, 0.3) is 0 Å². The van der Waals surface area contributed by atoms with Gasteiger partial charge < -0.3 is 10.1 Å². The maximum atomic E-state index is 11.9. The van der Waals surface area contributed by atoms with Gasteiger partial charge in [0.25, 0.3) is 0 Å². The Morgan fingerprint density at radius 1 is 1.19 bits per heavy atom. The first-order valence-corrected chi connectivity index (χ1v) is 6.62. The van der Waals surface area contributed by atoms with Gasteiger partial charge in [-0.2, -0.15) is 0 Å². The molecular formula is C14H10Cl2N2O3. The molecule has 1 amide bonds. The Balaban J connectivity index is 2.08. The zero-order chi connectivity index (χ0) is 15.4. The van der Waals surface area contributed by atoms with E-state index in [4.69, 9.17) is 27.9 Å². The number of hydrogen-bond acceptors (Lipinski definition) is 4. The highest BCUT2D eigenvalue weighted by Crippen LogP contribution is 2.21. The maximum Gasteiger partial charge on any atom is 0.345 e. The van der Waals surface area contributed by atoms with Crippen LogP contribution in [-0.2, 0) is 4.79 Å². The third-order valence-electron chi connectivity index (χ3n) is 2.42. The minimum Gasteiger partial charge on any atom is -0.423 e. The fourth-order valence-electron chi connectivity index (χ4n) is 1.51. The quantitative estimate of drug-likeness (QED) is 0.532. The summed E-state index contributed by atoms with van der Waals surface area (Å²) in [7, 11) is 0. The number of pyridine rings is 1. The number of ether oxygens (including phenoxy) is 1. The fourth-order valence-corrected chi connectivity index (χ4v) is 1.78. The Bertz CT molecular complexity index is 687. The Labute approximate surface area is 130 Å². The average Bonchev–Trinajstić information content (AvgIpc) is 2.43. The molecule has 1 heterocycles. The predicted molar refractivity (Wildman–Crippen MR) is 80.0 cm³/mol. The van der Waals surface area contributed by atoms with Gasteiger partial charge in [0.1, 0.15) is 10.9 Å². The summed E-state index contributed by atoms with van der Waals surface area (Å²) < 4.78 is 5.16. The summed E-state index contributed by atoms with van der Waals surface area (Å²) >= 11 is 11.5. The van der Waals surface area contributed by atoms with Gasteiger partial charge in [0.05, 0.1) is 10.6 Å². The van der Waals surface area contributed by atoms with E-state index in [1.807, 2.05) is 0 Å². The zero-order valence-electron chi connectivity index (χ0n) is 10.9. The van der Waals surface area contributed by atoms with Gasteiger partial charge in [0.15, 0.2) is 0 Å². The van der Waals surface area contributed by atoms with Gasteiger partial charge in [0.2, 0.25) is 5.91 Å². The SMILES string of the molecule is CC(=O)Nc1ccc(OC(=O)c2cnc(Cl)c(Cl)c2)cc1. The van der Waals surface area contributed by atoms with E-state index in [1.54, 1.807) is 24.3 Å². The first kappa shape index (κ1) is 15.3. The molecule has 0 unspecified atom stereocenters. The monoisotopic (exact) mass is 324 g/mol. The Morgan fingerprint density at radius 3 is 2.43 bits per heavy atom. The van der Waals surface area contributed by atoms with Crippen molar-refractivity contribution in [1.29, 1.82) is 0 Å². The second-order valence-electron chi connectivity index (χ2n) is 4.09. The molecular weight excluding hydrogens is 315 g/mol. The first-order valence-electron chi connectivity index (χ1n) is 5.86. The van der Waals surface area contributed by atoms with Gasteiger partial charge in [-0.05, 0) is 30.3 Å². The van der Waals surface area contributed by atoms with Gasteiger partial charge in [0, 0.05) is 18.8 Å². The van der Waals surface area contributed by atoms with Crippen LogP contribution in [0.1, 0.15) is 17.3 Å². The summed E-state index contributed by atoms with van der Waals surface area (Å²) in [6, 6.07) is 7.75. The van der Waals surface area contributed by atoms with Crippen molar-refractivity contribution in [1.82, 2.24) is 4.98 Å². The summed E-state index contributed by atoms with van der Waals surface area (Å²) in [6.07, 6.45) is 1.28. The molecule has 2 rings (SSSR count). The number of nitrogens with one attached hydrogen (secondary N) is 1. The molecule has 0 saturated carbocycles. The number of hydrogen-bond donors (Lipinski definition) is 1. The minimum atomic E-state index is -0.603. The number of carbonyl (C=O) groups is 2. The summed E-state index contributed by atoms with van der Waals surface area (Å²) in [5, 5.41) is 2.90. The average molecular weight is 325 g/mol. The molecule has 0 saturated heterocycles. The largest absolute Gasteiger partial charge is 0.423 e. The fraction of sp³-hybridized carbons (Fsp3) is 0.0714. The van der Waals surface area contributed by atoms with Crippen LogP contribution in [-0.4, -0.2) is 16.9 Å². The third kappa shape index (κ3) is 4.18. The normalized spacial score (nSPS) is 10.0. The number of halogens is 2. The highest BCUT2D eigenvalue weighted by Gasteiger charge is 2.11. The lowest BCUT2D eigenvalue weighted by Crippen LogP contribution is -2.09. The Hall–Kier alpha value is -2.11. The van der Waals surface area contributed by atoms with Crippen molar-refractivity contribution in [3.8, 4) is 5.75 Å². The molecule has 7 heteroatoms. The van der Waals surface area contributed by atoms with Gasteiger partial charge in [-0.3, -0.25) is 4.79 Å². The van der Waals surface area contributed by atoms with Crippen molar-refractivity contribution < 1.29 is 14.3 Å². The molecule has 108 valence electrons. The second kappa shape index (κ2) is 6.56. The molecule has 0 fully saturated rings. The van der Waals surface area contributed by atoms with Crippen molar-refractivity contribution in [3.05, 3.63) is 52.3 Å². The van der Waals surface area contributed by atoms with Crippen LogP contribution in [0.4, 0.5) is 5.69 Å². The van der Waals surface area contributed by atoms with Crippen molar-refractivity contribution in [2.45, 2.75) is 6.92 Å². The van der Waals surface area contributed by atoms with Crippen LogP contribution in [0.2, 0.25) is 10.2 Å². The number of amides is 1. The molecule has 1 N–H and O–H groups in total. The van der Waals surface area contributed by atoms with Gasteiger partial charge in [-0.15, -0.1) is 0 Å². The van der Waals surface area contributed by atoms with Crippen LogP contribution >= 0.6 is 23.2 Å². The number of aromatic nitrogens is 1. The predicted octanol–water partition coefficient (Wildman–Crippen LogP) is 3.57. The number of rotatable bonds is 3. The van der Waals surface area contributed by atoms with Crippen molar-refractivity contribution >= 4 is 40.8 Å². The number of anilines is 1. The minimum absolute atomic E-state index is 0.118. The Morgan fingerprint density at radius 2 is 1.86 bits per heavy atom. The summed E-state index contributed by atoms with van der Waals surface area (Å²) in [5.74, 6) is -0.449. The third-order valence-corrected chi connectivity index (χ3v) is 3.10. The highest BCUT2D eigenvalue weighted by molar-refractivity contribution is 6.41. The van der Waals surface area contributed by atoms with Crippen LogP contribution < -0.4 is 10.1 Å². The summed E-state index contributed by atoms with van der Waals surface area (Å²) in [5.41, 5.74) is 0.800. The van der Waals surface area contributed by atoms with Crippen LogP contribution in [0.3, 0.4) is 0 Å². The molecule has 0 aliphatic heterocycles. The van der Waals surface area contributed by atoms with Crippen molar-refractivity contribution in [2.75, 3.05) is 5.32 Å². The molecule has 0 radical (unpaired) electrons. The molecule has 5 nitrogen and oxygen atoms in total. The number of esters is 1. The molecule has 0 aliphatic rings. The molecule has 0 aliphatic carbocycles. The van der Waals surface area contributed by atoms with Gasteiger partial charge in [-0.25, -0.2) is 9.78 Å². The molecule has 21 heavy (non-hydrogen) atoms.